The van der Waals surface area contributed by atoms with E-state index < -0.39 is 47.3 Å². The van der Waals surface area contributed by atoms with Crippen LogP contribution in [0.4, 0.5) is 0 Å². The number of amides is 8. The Bertz CT molecular complexity index is 5300. The molecule has 1 heterocycles. The Labute approximate surface area is 779 Å². The predicted octanol–water partition coefficient (Wildman–Crippen LogP) is 13.2. The van der Waals surface area contributed by atoms with E-state index in [1.807, 2.05) is 252 Å². The van der Waals surface area contributed by atoms with Crippen molar-refractivity contribution in [3.8, 4) is 46.0 Å². The monoisotopic (exact) mass is 1810 g/mol. The number of fused-ring (bicyclic) bond motifs is 6. The molecule has 0 radical (unpaired) electrons. The first kappa shape index (κ1) is 96.2. The van der Waals surface area contributed by atoms with Crippen molar-refractivity contribution in [2.75, 3.05) is 119 Å². The number of carbonyl (C=O) groups excluding carboxylic acids is 8. The first-order valence-electron chi connectivity index (χ1n) is 44.5. The molecule has 28 nitrogen and oxygen atoms in total. The fraction of sp³-hybridized carbons (Fsp3) is 0.245. The van der Waals surface area contributed by atoms with Crippen LogP contribution in [0.5, 0.6) is 46.0 Å². The van der Waals surface area contributed by atoms with E-state index in [-0.39, 0.29) is 248 Å². The molecule has 0 saturated carbocycles. The first-order valence-corrected chi connectivity index (χ1v) is 44.5. The number of ether oxygens (including phenoxy) is 10. The fourth-order valence-corrected chi connectivity index (χ4v) is 14.6. The van der Waals surface area contributed by atoms with Gasteiger partial charge in [-0.1, -0.05) is 243 Å². The highest BCUT2D eigenvalue weighted by Gasteiger charge is 2.32. The van der Waals surface area contributed by atoms with Crippen LogP contribution < -0.4 is 80.4 Å². The van der Waals surface area contributed by atoms with Gasteiger partial charge in [0.15, 0.2) is 46.0 Å². The maximum atomic E-state index is 15.3. The highest BCUT2D eigenvalue weighted by molar-refractivity contribution is 6.06. The smallest absolute Gasteiger partial charge is 0.255 e. The molecule has 0 spiro atoms. The molecule has 0 aliphatic carbocycles. The predicted molar refractivity (Wildman–Crippen MR) is 507 cm³/mol. The summed E-state index contributed by atoms with van der Waals surface area (Å²) in [6, 6.07) is 86.8. The van der Waals surface area contributed by atoms with Crippen LogP contribution in [0.3, 0.4) is 0 Å². The van der Waals surface area contributed by atoms with Crippen molar-refractivity contribution in [1.29, 1.82) is 0 Å². The highest BCUT2D eigenvalue weighted by atomic mass is 16.5. The molecular formula is C106H110N10O18. The molecule has 4 bridgehead atoms. The molecule has 12 aromatic rings. The molecule has 1 aliphatic heterocycles. The minimum Gasteiger partial charge on any atom is -0.484 e. The van der Waals surface area contributed by atoms with E-state index in [1.54, 1.807) is 0 Å². The summed E-state index contributed by atoms with van der Waals surface area (Å²) in [5, 5.41) is 24.2. The van der Waals surface area contributed by atoms with Crippen LogP contribution in [0.2, 0.25) is 0 Å². The second-order valence-corrected chi connectivity index (χ2v) is 31.2. The Kier molecular flexibility index (Phi) is 36.8. The molecule has 0 saturated heterocycles. The molecule has 12 aromatic carbocycles. The second kappa shape index (κ2) is 51.3. The number of rotatable bonds is 40. The lowest BCUT2D eigenvalue weighted by Crippen LogP contribution is -2.43. The van der Waals surface area contributed by atoms with Crippen LogP contribution in [0.1, 0.15) is 127 Å². The van der Waals surface area contributed by atoms with E-state index in [2.05, 4.69) is 42.5 Å². The lowest BCUT2D eigenvalue weighted by molar-refractivity contribution is 0.0912. The molecule has 692 valence electrons. The standard InChI is InChI=1S/C106H110N10O18/c1-125-65-57-113-105(123)89-49-47-87(95(131-71-79-35-19-7-20-36-79)97(89)133-73-81-39-23-9-24-40-81)103(121)111-55-63-115-59-51-107-99(117)83-43-45-85(93(129-69-77-31-15-5-16-32-77)91(83)127-67-75-27-11-3-12-28-75)101(119)109-53-61-116(62-54-110-102(120)86-46-44-84(100(118)108-52-60-115)92(128-68-76-29-13-4-14-30-76)94(86)130-70-78-33-17-6-18-34-78)64-56-112-104(122)88-48-50-90(106(124)114-58-66-126-2)98(134-74-82-41-25-10-26-42-82)96(88)132-72-80-37-21-8-22-38-80/h3-50H,51-74H2,1-2H3,(H,107,117)(H,108,118)(H,109,119)(H,110,120)(H,111,121)(H,112,122)(H,113,123)(H,114,124). The summed E-state index contributed by atoms with van der Waals surface area (Å²) in [7, 11) is 3.06. The quantitative estimate of drug-likeness (QED) is 0.0165. The molecule has 0 atom stereocenters. The van der Waals surface area contributed by atoms with Crippen LogP contribution in [0, 0.1) is 0 Å². The molecular weight excluding hydrogens is 1700 g/mol. The number of nitrogens with one attached hydrogen (secondary N) is 8. The highest BCUT2D eigenvalue weighted by Crippen LogP contribution is 2.42. The molecule has 8 amide bonds. The van der Waals surface area contributed by atoms with Crippen LogP contribution in [0.15, 0.2) is 291 Å². The number of hydrogen-bond donors (Lipinski definition) is 8. The van der Waals surface area contributed by atoms with Gasteiger partial charge in [0.1, 0.15) is 52.9 Å². The average Bonchev–Trinajstić information content (AvgIpc) is 0.805. The summed E-state index contributed by atoms with van der Waals surface area (Å²) in [4.78, 5) is 123. The summed E-state index contributed by atoms with van der Waals surface area (Å²) < 4.78 is 63.4. The van der Waals surface area contributed by atoms with Crippen molar-refractivity contribution in [3.63, 3.8) is 0 Å². The van der Waals surface area contributed by atoms with E-state index in [0.29, 0.717) is 0 Å². The fourth-order valence-electron chi connectivity index (χ4n) is 14.6. The molecule has 0 fully saturated rings. The zero-order valence-electron chi connectivity index (χ0n) is 74.9. The van der Waals surface area contributed by atoms with Crippen molar-refractivity contribution >= 4 is 47.3 Å². The van der Waals surface area contributed by atoms with E-state index in [1.165, 1.54) is 62.8 Å². The van der Waals surface area contributed by atoms with E-state index in [9.17, 15) is 9.59 Å². The molecule has 8 N–H and O–H groups in total. The van der Waals surface area contributed by atoms with Gasteiger partial charge in [-0.3, -0.25) is 48.2 Å². The Hall–Kier alpha value is -15.4. The van der Waals surface area contributed by atoms with Gasteiger partial charge in [-0.25, -0.2) is 0 Å². The van der Waals surface area contributed by atoms with Gasteiger partial charge in [0, 0.05) is 106 Å². The third-order valence-corrected chi connectivity index (χ3v) is 21.7. The van der Waals surface area contributed by atoms with Gasteiger partial charge in [0.2, 0.25) is 0 Å². The maximum absolute atomic E-state index is 15.3. The third-order valence-electron chi connectivity index (χ3n) is 21.7. The minimum absolute atomic E-state index is 0.00206. The van der Waals surface area contributed by atoms with Gasteiger partial charge in [-0.2, -0.15) is 0 Å². The van der Waals surface area contributed by atoms with Gasteiger partial charge in [-0.15, -0.1) is 0 Å². The van der Waals surface area contributed by atoms with Gasteiger partial charge < -0.3 is 89.9 Å². The van der Waals surface area contributed by atoms with Crippen molar-refractivity contribution < 1.29 is 85.7 Å². The summed E-state index contributed by atoms with van der Waals surface area (Å²) >= 11 is 0. The molecule has 0 unspecified atom stereocenters. The molecule has 134 heavy (non-hydrogen) atoms. The Morgan fingerprint density at radius 2 is 0.425 bits per heavy atom. The minimum atomic E-state index is -0.589. The summed E-state index contributed by atoms with van der Waals surface area (Å²) in [5.74, 6) is -4.42. The molecule has 28 heteroatoms. The average molecular weight is 1810 g/mol. The summed E-state index contributed by atoms with van der Waals surface area (Å²) in [6.07, 6.45) is 0. The lowest BCUT2D eigenvalue weighted by Gasteiger charge is -2.25. The summed E-state index contributed by atoms with van der Waals surface area (Å²) in [5.41, 5.74) is 6.66. The Balaban J connectivity index is 0.832. The van der Waals surface area contributed by atoms with Crippen LogP contribution >= 0.6 is 0 Å². The second-order valence-electron chi connectivity index (χ2n) is 31.2. The van der Waals surface area contributed by atoms with Crippen LogP contribution in [0.25, 0.3) is 0 Å². The topological polar surface area (TPSA) is 332 Å². The van der Waals surface area contributed by atoms with Crippen molar-refractivity contribution in [1.82, 2.24) is 52.3 Å². The van der Waals surface area contributed by atoms with Gasteiger partial charge in [0.25, 0.3) is 47.3 Å². The van der Waals surface area contributed by atoms with Crippen LogP contribution in [-0.2, 0) is 62.3 Å². The molecule has 0 aromatic heterocycles. The van der Waals surface area contributed by atoms with Crippen molar-refractivity contribution in [2.24, 2.45) is 0 Å². The maximum Gasteiger partial charge on any atom is 0.255 e. The third kappa shape index (κ3) is 28.3. The van der Waals surface area contributed by atoms with E-state index >= 15 is 28.8 Å². The normalized spacial score (nSPS) is 12.9. The number of benzene rings is 12. The zero-order valence-corrected chi connectivity index (χ0v) is 74.9. The largest absolute Gasteiger partial charge is 0.484 e. The van der Waals surface area contributed by atoms with Gasteiger partial charge >= 0.3 is 0 Å². The Morgan fingerprint density at radius 3 is 0.612 bits per heavy atom. The number of methoxy groups -OCH3 is 2. The van der Waals surface area contributed by atoms with Crippen molar-refractivity contribution in [3.05, 3.63) is 380 Å². The van der Waals surface area contributed by atoms with E-state index in [4.69, 9.17) is 47.4 Å². The lowest BCUT2D eigenvalue weighted by atomic mass is 10.1. The van der Waals surface area contributed by atoms with Crippen LogP contribution in [-0.4, -0.2) is 176 Å². The number of carbonyl (C=O) groups is 8. The number of nitrogens with zero attached hydrogens (tertiary/aromatic N) is 2. The Morgan fingerprint density at radius 1 is 0.246 bits per heavy atom. The SMILES string of the molecule is COCCNC(=O)c1ccc(C(=O)NCCN2CCNC(=O)c3ccc(c(OCc4ccccc4)c3OCc3ccccc3)C(=O)NCCN(CCNC(=O)c3ccc(C(=O)NCCOC)c(OCc4ccccc4)c3OCc3ccccc3)CCNC(=O)c3ccc(c(OCc4ccccc4)c3OCc3ccccc3)C(=O)NCC2)c(OCc2ccccc2)c1OCc1ccccc1. The van der Waals surface area contributed by atoms with Crippen molar-refractivity contribution in [2.45, 2.75) is 52.9 Å². The number of hydrogen-bond acceptors (Lipinski definition) is 20. The first-order chi connectivity index (χ1) is 65.7. The summed E-state index contributed by atoms with van der Waals surface area (Å²) in [6.45, 7) is 1.43. The zero-order chi connectivity index (χ0) is 93.3. The van der Waals surface area contributed by atoms with Gasteiger partial charge in [-0.05, 0) is 93.0 Å². The van der Waals surface area contributed by atoms with E-state index in [0.717, 1.165) is 44.5 Å². The van der Waals surface area contributed by atoms with Gasteiger partial charge in [0.05, 0.1) is 57.7 Å². The molecule has 1 aliphatic rings. The molecule has 13 rings (SSSR count).